The molecule has 3 aliphatic rings. The van der Waals surface area contributed by atoms with Crippen molar-refractivity contribution in [2.75, 3.05) is 0 Å². The highest BCUT2D eigenvalue weighted by Crippen LogP contribution is 2.62. The van der Waals surface area contributed by atoms with Crippen LogP contribution in [0.4, 0.5) is 0 Å². The predicted octanol–water partition coefficient (Wildman–Crippen LogP) is 4.82. The molecule has 3 aliphatic carbocycles. The number of hydrogen-bond acceptors (Lipinski definition) is 3. The fraction of sp³-hybridized carbons (Fsp3) is 0.591. The van der Waals surface area contributed by atoms with Crippen molar-refractivity contribution in [3.05, 3.63) is 40.0 Å². The van der Waals surface area contributed by atoms with Crippen LogP contribution in [0, 0.1) is 26.7 Å². The van der Waals surface area contributed by atoms with Crippen molar-refractivity contribution in [2.24, 2.45) is 23.2 Å². The second-order valence-corrected chi connectivity index (χ2v) is 11.9. The van der Waals surface area contributed by atoms with E-state index < -0.39 is 16.0 Å². The van der Waals surface area contributed by atoms with Crippen LogP contribution in [0.15, 0.2) is 41.3 Å². The van der Waals surface area contributed by atoms with Crippen molar-refractivity contribution < 1.29 is 18.3 Å². The van der Waals surface area contributed by atoms with Gasteiger partial charge in [0.2, 0.25) is 10.0 Å². The summed E-state index contributed by atoms with van der Waals surface area (Å²) in [7, 11) is -3.54. The molecule has 4 unspecified atom stereocenters. The molecule has 0 amide bonds. The number of unbranched alkanes of at least 4 members (excludes halogenated alkanes) is 1. The summed E-state index contributed by atoms with van der Waals surface area (Å²) >= 11 is 2.17. The number of carboxylic acids is 1. The first-order valence-corrected chi connectivity index (χ1v) is 12.8. The number of aliphatic carboxylic acids is 1. The highest BCUT2D eigenvalue weighted by atomic mass is 127. The fourth-order valence-corrected chi connectivity index (χ4v) is 6.69. The van der Waals surface area contributed by atoms with Gasteiger partial charge >= 0.3 is 5.97 Å². The van der Waals surface area contributed by atoms with Gasteiger partial charge in [-0.2, -0.15) is 0 Å². The van der Waals surface area contributed by atoms with Crippen LogP contribution in [-0.4, -0.2) is 25.5 Å². The number of rotatable bonds is 9. The molecule has 4 atom stereocenters. The van der Waals surface area contributed by atoms with Crippen molar-refractivity contribution in [3.8, 4) is 0 Å². The summed E-state index contributed by atoms with van der Waals surface area (Å²) in [6, 6.07) is 6.89. The number of hydrogen-bond donors (Lipinski definition) is 2. The number of allylic oxidation sites excluding steroid dienone is 2. The molecule has 3 fully saturated rings. The Morgan fingerprint density at radius 2 is 1.93 bits per heavy atom. The van der Waals surface area contributed by atoms with Crippen LogP contribution in [0.5, 0.6) is 0 Å². The summed E-state index contributed by atoms with van der Waals surface area (Å²) in [6.45, 7) is 4.61. The zero-order valence-electron chi connectivity index (χ0n) is 17.0. The standard InChI is InChI=1S/C22H30INO4S/c1-22(2)15-13-19(22)18(7-5-3-4-6-8-21(25)26)20(14-15)24-29(27,28)17-11-9-16(23)10-12-17/h3,5,9-12,15,18-20,24H,4,6-8,13-14H2,1-2H3,(H,25,26)/b5-3+. The van der Waals surface area contributed by atoms with E-state index in [0.29, 0.717) is 23.2 Å². The molecule has 0 aromatic heterocycles. The third-order valence-electron chi connectivity index (χ3n) is 6.89. The van der Waals surface area contributed by atoms with E-state index in [-0.39, 0.29) is 23.8 Å². The molecule has 7 heteroatoms. The minimum absolute atomic E-state index is 0.0558. The van der Waals surface area contributed by atoms with Crippen LogP contribution in [0.25, 0.3) is 0 Å². The Morgan fingerprint density at radius 1 is 1.24 bits per heavy atom. The molecule has 160 valence electrons. The maximum absolute atomic E-state index is 12.9. The van der Waals surface area contributed by atoms with E-state index in [9.17, 15) is 13.2 Å². The molecule has 1 aromatic rings. The lowest BCUT2D eigenvalue weighted by Gasteiger charge is -2.62. The second-order valence-electron chi connectivity index (χ2n) is 8.93. The number of benzene rings is 1. The zero-order valence-corrected chi connectivity index (χ0v) is 19.9. The van der Waals surface area contributed by atoms with Crippen LogP contribution >= 0.6 is 22.6 Å². The van der Waals surface area contributed by atoms with Gasteiger partial charge in [-0.1, -0.05) is 26.0 Å². The van der Waals surface area contributed by atoms with Gasteiger partial charge in [0.25, 0.3) is 0 Å². The molecule has 0 radical (unpaired) electrons. The van der Waals surface area contributed by atoms with E-state index >= 15 is 0 Å². The smallest absolute Gasteiger partial charge is 0.303 e. The largest absolute Gasteiger partial charge is 0.481 e. The van der Waals surface area contributed by atoms with Gasteiger partial charge in [-0.05, 0) is 102 Å². The number of halogens is 1. The van der Waals surface area contributed by atoms with Gasteiger partial charge in [0.15, 0.2) is 0 Å². The molecule has 2 N–H and O–H groups in total. The number of sulfonamides is 1. The number of nitrogens with one attached hydrogen (secondary N) is 1. The maximum atomic E-state index is 12.9. The van der Waals surface area contributed by atoms with Gasteiger partial charge in [-0.15, -0.1) is 0 Å². The van der Waals surface area contributed by atoms with E-state index in [1.165, 1.54) is 6.42 Å². The highest BCUT2D eigenvalue weighted by molar-refractivity contribution is 14.1. The van der Waals surface area contributed by atoms with Gasteiger partial charge in [0, 0.05) is 16.0 Å². The number of fused-ring (bicyclic) bond motifs is 2. The molecule has 0 aliphatic heterocycles. The SMILES string of the molecule is CC1(C)C2CC(NS(=O)(=O)c3ccc(I)cc3)C(C/C=C/CCCC(=O)O)C1C2. The van der Waals surface area contributed by atoms with Crippen molar-refractivity contribution in [2.45, 2.75) is 63.3 Å². The van der Waals surface area contributed by atoms with Crippen molar-refractivity contribution in [3.63, 3.8) is 0 Å². The lowest BCUT2D eigenvalue weighted by atomic mass is 9.44. The zero-order chi connectivity index (χ0) is 21.2. The Morgan fingerprint density at radius 3 is 2.55 bits per heavy atom. The first-order chi connectivity index (χ1) is 13.6. The van der Waals surface area contributed by atoms with E-state index in [1.807, 2.05) is 18.2 Å². The molecule has 2 bridgehead atoms. The van der Waals surface area contributed by atoms with Crippen LogP contribution in [0.1, 0.15) is 52.4 Å². The van der Waals surface area contributed by atoms with Gasteiger partial charge in [0.05, 0.1) is 4.90 Å². The first-order valence-electron chi connectivity index (χ1n) is 10.3. The van der Waals surface area contributed by atoms with E-state index in [4.69, 9.17) is 5.11 Å². The molecule has 4 rings (SSSR count). The third-order valence-corrected chi connectivity index (χ3v) is 9.11. The monoisotopic (exact) mass is 531 g/mol. The van der Waals surface area contributed by atoms with Crippen molar-refractivity contribution in [1.29, 1.82) is 0 Å². The molecule has 1 aromatic carbocycles. The molecular weight excluding hydrogens is 501 g/mol. The summed E-state index contributed by atoms with van der Waals surface area (Å²) in [4.78, 5) is 10.9. The topological polar surface area (TPSA) is 83.5 Å². The van der Waals surface area contributed by atoms with Crippen molar-refractivity contribution in [1.82, 2.24) is 4.72 Å². The quantitative estimate of drug-likeness (QED) is 0.272. The van der Waals surface area contributed by atoms with Crippen LogP contribution in [-0.2, 0) is 14.8 Å². The average Bonchev–Trinajstić information content (AvgIpc) is 2.64. The Labute approximate surface area is 187 Å². The Hall–Kier alpha value is -0.930. The molecule has 29 heavy (non-hydrogen) atoms. The maximum Gasteiger partial charge on any atom is 0.303 e. The van der Waals surface area contributed by atoms with E-state index in [1.54, 1.807) is 12.1 Å². The van der Waals surface area contributed by atoms with Gasteiger partial charge in [0.1, 0.15) is 0 Å². The highest BCUT2D eigenvalue weighted by Gasteiger charge is 2.57. The average molecular weight is 531 g/mol. The van der Waals surface area contributed by atoms with E-state index in [0.717, 1.165) is 22.8 Å². The van der Waals surface area contributed by atoms with Crippen LogP contribution in [0.3, 0.4) is 0 Å². The molecule has 0 saturated heterocycles. The predicted molar refractivity (Wildman–Crippen MR) is 122 cm³/mol. The minimum atomic E-state index is -3.54. The summed E-state index contributed by atoms with van der Waals surface area (Å²) in [5, 5.41) is 8.73. The summed E-state index contributed by atoms with van der Waals surface area (Å²) in [5.74, 6) is 0.574. The van der Waals surface area contributed by atoms with Gasteiger partial charge in [-0.25, -0.2) is 13.1 Å². The normalized spacial score (nSPS) is 28.2. The molecule has 5 nitrogen and oxygen atoms in total. The van der Waals surface area contributed by atoms with Crippen LogP contribution < -0.4 is 4.72 Å². The number of carbonyl (C=O) groups is 1. The van der Waals surface area contributed by atoms with Crippen LogP contribution in [0.2, 0.25) is 0 Å². The molecule has 0 heterocycles. The Balaban J connectivity index is 1.68. The molecular formula is C22H30INO4S. The second kappa shape index (κ2) is 9.06. The van der Waals surface area contributed by atoms with Gasteiger partial charge in [-0.3, -0.25) is 4.79 Å². The molecule has 3 saturated carbocycles. The Bertz CT molecular complexity index is 863. The lowest BCUT2D eigenvalue weighted by molar-refractivity contribution is -0.137. The minimum Gasteiger partial charge on any atom is -0.481 e. The summed E-state index contributed by atoms with van der Waals surface area (Å²) in [6.07, 6.45) is 8.61. The Kier molecular flexibility index (Phi) is 7.10. The van der Waals surface area contributed by atoms with E-state index in [2.05, 4.69) is 47.2 Å². The summed E-state index contributed by atoms with van der Waals surface area (Å²) < 4.78 is 29.9. The third kappa shape index (κ3) is 5.22. The molecule has 0 spiro atoms. The number of carboxylic acid groups (broad SMARTS) is 1. The van der Waals surface area contributed by atoms with Gasteiger partial charge < -0.3 is 5.11 Å². The van der Waals surface area contributed by atoms with Crippen molar-refractivity contribution >= 4 is 38.6 Å². The lowest BCUT2D eigenvalue weighted by Crippen LogP contribution is -2.61. The fourth-order valence-electron chi connectivity index (χ4n) is 5.03. The summed E-state index contributed by atoms with van der Waals surface area (Å²) in [5.41, 5.74) is 0.257. The first kappa shape index (κ1) is 22.7.